The predicted molar refractivity (Wildman–Crippen MR) is 66.7 cm³/mol. The molecule has 0 saturated heterocycles. The van der Waals surface area contributed by atoms with Gasteiger partial charge in [0, 0.05) is 0 Å². The first-order valence-corrected chi connectivity index (χ1v) is 6.63. The molecular weight excluding hydrogens is 222 g/mol. The lowest BCUT2D eigenvalue weighted by Crippen LogP contribution is -3.00. The van der Waals surface area contributed by atoms with Gasteiger partial charge in [-0.15, -0.1) is 0 Å². The molecule has 0 aromatic heterocycles. The van der Waals surface area contributed by atoms with E-state index >= 15 is 0 Å². The number of quaternary nitrogens is 1. The molecule has 0 aliphatic carbocycles. The monoisotopic (exact) mass is 251 g/mol. The van der Waals surface area contributed by atoms with Crippen LogP contribution in [0, 0.1) is 0 Å². The van der Waals surface area contributed by atoms with Crippen molar-refractivity contribution in [3.63, 3.8) is 0 Å². The number of nitrogens with zero attached hydrogens (tertiary/aromatic N) is 1. The highest BCUT2D eigenvalue weighted by Crippen LogP contribution is 2.10. The van der Waals surface area contributed by atoms with E-state index in [4.69, 9.17) is 0 Å². The summed E-state index contributed by atoms with van der Waals surface area (Å²) in [6.07, 6.45) is 9.01. The molecule has 0 aromatic rings. The van der Waals surface area contributed by atoms with Crippen molar-refractivity contribution in [1.82, 2.24) is 0 Å². The minimum absolute atomic E-state index is 0. The molecule has 0 aliphatic heterocycles. The number of aliphatic hydroxyl groups is 1. The van der Waals surface area contributed by atoms with Gasteiger partial charge >= 0.3 is 0 Å². The van der Waals surface area contributed by atoms with E-state index in [1.807, 2.05) is 0 Å². The maximum atomic E-state index is 9.41. The van der Waals surface area contributed by atoms with E-state index in [2.05, 4.69) is 20.9 Å². The summed E-state index contributed by atoms with van der Waals surface area (Å²) in [5.41, 5.74) is 0. The fraction of sp³-hybridized carbons (Fsp3) is 1.00. The van der Waals surface area contributed by atoms with Crippen LogP contribution in [-0.2, 0) is 0 Å². The summed E-state index contributed by atoms with van der Waals surface area (Å²) in [5.74, 6) is 0. The van der Waals surface area contributed by atoms with E-state index in [1.54, 1.807) is 0 Å². The van der Waals surface area contributed by atoms with E-state index in [0.717, 1.165) is 17.6 Å². The Morgan fingerprint density at radius 1 is 0.812 bits per heavy atom. The van der Waals surface area contributed by atoms with Gasteiger partial charge < -0.3 is 22.0 Å². The summed E-state index contributed by atoms with van der Waals surface area (Å²) in [7, 11) is 2.18. The summed E-state index contributed by atoms with van der Waals surface area (Å²) in [4.78, 5) is 0. The SMILES string of the molecule is CCCCCC[N+](C)(CO)CCCCC.[Cl-]. The number of aliphatic hydroxyl groups excluding tert-OH is 1. The normalized spacial score (nSPS) is 14.2. The second kappa shape index (κ2) is 11.7. The van der Waals surface area contributed by atoms with Gasteiger partial charge in [0.05, 0.1) is 20.1 Å². The van der Waals surface area contributed by atoms with Crippen molar-refractivity contribution in [3.05, 3.63) is 0 Å². The van der Waals surface area contributed by atoms with Crippen molar-refractivity contribution in [2.24, 2.45) is 0 Å². The lowest BCUT2D eigenvalue weighted by Gasteiger charge is -2.32. The Morgan fingerprint density at radius 3 is 1.69 bits per heavy atom. The molecule has 0 radical (unpaired) electrons. The van der Waals surface area contributed by atoms with Crippen LogP contribution in [0.5, 0.6) is 0 Å². The Kier molecular flexibility index (Phi) is 13.6. The topological polar surface area (TPSA) is 20.2 Å². The van der Waals surface area contributed by atoms with Crippen LogP contribution in [0.15, 0.2) is 0 Å². The molecule has 0 fully saturated rings. The zero-order valence-corrected chi connectivity index (χ0v) is 12.1. The van der Waals surface area contributed by atoms with Gasteiger partial charge in [-0.3, -0.25) is 0 Å². The van der Waals surface area contributed by atoms with Crippen molar-refractivity contribution in [2.75, 3.05) is 26.9 Å². The summed E-state index contributed by atoms with van der Waals surface area (Å²) < 4.78 is 0.851. The minimum atomic E-state index is 0. The molecular formula is C13H30ClNO. The fourth-order valence-corrected chi connectivity index (χ4v) is 1.92. The van der Waals surface area contributed by atoms with Crippen LogP contribution < -0.4 is 12.4 Å². The van der Waals surface area contributed by atoms with Crippen molar-refractivity contribution >= 4 is 0 Å². The molecule has 0 amide bonds. The number of halogens is 1. The van der Waals surface area contributed by atoms with Gasteiger partial charge in [0.25, 0.3) is 0 Å². The Hall–Kier alpha value is 0.210. The lowest BCUT2D eigenvalue weighted by atomic mass is 10.1. The van der Waals surface area contributed by atoms with Crippen molar-refractivity contribution in [1.29, 1.82) is 0 Å². The lowest BCUT2D eigenvalue weighted by molar-refractivity contribution is -0.927. The highest BCUT2D eigenvalue weighted by atomic mass is 35.5. The van der Waals surface area contributed by atoms with Gasteiger partial charge in [-0.25, -0.2) is 0 Å². The molecule has 0 bridgehead atoms. The quantitative estimate of drug-likeness (QED) is 0.333. The molecule has 0 heterocycles. The fourth-order valence-electron chi connectivity index (χ4n) is 1.92. The molecule has 0 saturated carbocycles. The van der Waals surface area contributed by atoms with E-state index in [1.165, 1.54) is 44.9 Å². The third kappa shape index (κ3) is 9.44. The van der Waals surface area contributed by atoms with E-state index < -0.39 is 0 Å². The average molecular weight is 252 g/mol. The van der Waals surface area contributed by atoms with Crippen molar-refractivity contribution < 1.29 is 22.0 Å². The van der Waals surface area contributed by atoms with E-state index in [0.29, 0.717) is 6.73 Å². The van der Waals surface area contributed by atoms with E-state index in [-0.39, 0.29) is 12.4 Å². The second-order valence-electron chi connectivity index (χ2n) is 4.98. The van der Waals surface area contributed by atoms with Gasteiger partial charge in [0.2, 0.25) is 0 Å². The van der Waals surface area contributed by atoms with Crippen LogP contribution in [0.25, 0.3) is 0 Å². The molecule has 0 aromatic carbocycles. The molecule has 0 rings (SSSR count). The Labute approximate surface area is 108 Å². The first kappa shape index (κ1) is 18.6. The van der Waals surface area contributed by atoms with Gasteiger partial charge in [-0.1, -0.05) is 33.1 Å². The standard InChI is InChI=1S/C13H30NO.ClH/c1-4-6-8-10-12-14(3,13-15)11-9-7-5-2;/h15H,4-13H2,1-3H3;1H/q+1;/p-1. The zero-order chi connectivity index (χ0) is 11.6. The van der Waals surface area contributed by atoms with Crippen LogP contribution in [0.2, 0.25) is 0 Å². The van der Waals surface area contributed by atoms with Crippen molar-refractivity contribution in [3.8, 4) is 0 Å². The second-order valence-corrected chi connectivity index (χ2v) is 4.98. The molecule has 1 unspecified atom stereocenters. The van der Waals surface area contributed by atoms with Crippen LogP contribution >= 0.6 is 0 Å². The first-order chi connectivity index (χ1) is 7.18. The van der Waals surface area contributed by atoms with Crippen LogP contribution in [0.4, 0.5) is 0 Å². The van der Waals surface area contributed by atoms with Crippen molar-refractivity contribution in [2.45, 2.75) is 58.8 Å². The van der Waals surface area contributed by atoms with Gasteiger partial charge in [-0.2, -0.15) is 0 Å². The van der Waals surface area contributed by atoms with Crippen LogP contribution in [-0.4, -0.2) is 36.5 Å². The Bertz CT molecular complexity index is 144. The summed E-state index contributed by atoms with van der Waals surface area (Å²) in [6, 6.07) is 0. The summed E-state index contributed by atoms with van der Waals surface area (Å²) in [6.45, 7) is 7.04. The molecule has 0 aliphatic rings. The maximum Gasteiger partial charge on any atom is 0.180 e. The minimum Gasteiger partial charge on any atom is -1.00 e. The number of unbranched alkanes of at least 4 members (excludes halogenated alkanes) is 5. The van der Waals surface area contributed by atoms with Gasteiger partial charge in [-0.05, 0) is 25.7 Å². The molecule has 0 spiro atoms. The predicted octanol–water partition coefficient (Wildman–Crippen LogP) is 0.157. The number of hydrogen-bond acceptors (Lipinski definition) is 1. The largest absolute Gasteiger partial charge is 1.00 e. The Morgan fingerprint density at radius 2 is 1.25 bits per heavy atom. The molecule has 1 N–H and O–H groups in total. The molecule has 16 heavy (non-hydrogen) atoms. The van der Waals surface area contributed by atoms with Crippen LogP contribution in [0.3, 0.4) is 0 Å². The summed E-state index contributed by atoms with van der Waals surface area (Å²) >= 11 is 0. The molecule has 1 atom stereocenters. The van der Waals surface area contributed by atoms with E-state index in [9.17, 15) is 5.11 Å². The highest BCUT2D eigenvalue weighted by Gasteiger charge is 2.18. The summed E-state index contributed by atoms with van der Waals surface area (Å²) in [5, 5.41) is 9.41. The molecule has 3 heteroatoms. The van der Waals surface area contributed by atoms with Gasteiger partial charge in [0.1, 0.15) is 0 Å². The molecule has 100 valence electrons. The zero-order valence-electron chi connectivity index (χ0n) is 11.3. The van der Waals surface area contributed by atoms with Gasteiger partial charge in [0.15, 0.2) is 6.73 Å². The third-order valence-electron chi connectivity index (χ3n) is 3.19. The van der Waals surface area contributed by atoms with Crippen LogP contribution in [0.1, 0.15) is 58.8 Å². The number of rotatable bonds is 10. The first-order valence-electron chi connectivity index (χ1n) is 6.63. The smallest absolute Gasteiger partial charge is 0.180 e. The third-order valence-corrected chi connectivity index (χ3v) is 3.19. The number of hydrogen-bond donors (Lipinski definition) is 1. The maximum absolute atomic E-state index is 9.41. The Balaban J connectivity index is 0. The average Bonchev–Trinajstić information content (AvgIpc) is 2.25. The molecule has 2 nitrogen and oxygen atoms in total. The highest BCUT2D eigenvalue weighted by molar-refractivity contribution is 4.43.